The third-order valence-electron chi connectivity index (χ3n) is 6.15. The number of carbonyl (C=O) groups excluding carboxylic acids is 1. The van der Waals surface area contributed by atoms with Crippen LogP contribution in [-0.2, 0) is 14.3 Å². The Kier molecular flexibility index (Phi) is 3.28. The van der Waals surface area contributed by atoms with Gasteiger partial charge in [0.2, 0.25) is 5.91 Å². The molecule has 0 unspecified atom stereocenters. The summed E-state index contributed by atoms with van der Waals surface area (Å²) in [5.74, 6) is -1.11. The predicted octanol–water partition coefficient (Wildman–Crippen LogP) is 2.69. The summed E-state index contributed by atoms with van der Waals surface area (Å²) >= 11 is 12.4. The number of rotatable bonds is 2. The summed E-state index contributed by atoms with van der Waals surface area (Å²) in [5.41, 5.74) is 6.26. The molecule has 0 bridgehead atoms. The SMILES string of the molecule is CC1(C)O[C@H]2[C@H](n3cnc4c(Cl)cc(Cl)nc43)[C@H]3CC[C@@]3(C(N)=O)[C@H]2O1. The molecule has 5 atom stereocenters. The monoisotopic (exact) mass is 396 g/mol. The molecular formula is C17H18Cl2N4O3. The molecule has 0 spiro atoms. The highest BCUT2D eigenvalue weighted by molar-refractivity contribution is 6.37. The van der Waals surface area contributed by atoms with Crippen molar-refractivity contribution in [2.24, 2.45) is 17.1 Å². The summed E-state index contributed by atoms with van der Waals surface area (Å²) in [6, 6.07) is 1.39. The van der Waals surface area contributed by atoms with Crippen molar-refractivity contribution in [3.8, 4) is 0 Å². The molecule has 3 fully saturated rings. The van der Waals surface area contributed by atoms with E-state index in [4.69, 9.17) is 38.4 Å². The lowest BCUT2D eigenvalue weighted by Crippen LogP contribution is -2.55. The van der Waals surface area contributed by atoms with Gasteiger partial charge in [-0.15, -0.1) is 0 Å². The van der Waals surface area contributed by atoms with Crippen LogP contribution in [0, 0.1) is 11.3 Å². The van der Waals surface area contributed by atoms with Crippen LogP contribution in [0.3, 0.4) is 0 Å². The van der Waals surface area contributed by atoms with Crippen LogP contribution >= 0.6 is 23.2 Å². The number of nitrogens with two attached hydrogens (primary N) is 1. The number of ether oxygens (including phenoxy) is 2. The van der Waals surface area contributed by atoms with Crippen molar-refractivity contribution in [1.29, 1.82) is 0 Å². The van der Waals surface area contributed by atoms with Crippen molar-refractivity contribution in [2.75, 3.05) is 0 Å². The first kappa shape index (κ1) is 16.7. The van der Waals surface area contributed by atoms with Gasteiger partial charge in [-0.05, 0) is 38.7 Å². The lowest BCUT2D eigenvalue weighted by Gasteiger charge is -2.47. The van der Waals surface area contributed by atoms with Crippen molar-refractivity contribution in [2.45, 2.75) is 50.7 Å². The fraction of sp³-hybridized carbons (Fsp3) is 0.588. The minimum atomic E-state index is -0.782. The highest BCUT2D eigenvalue weighted by Gasteiger charge is 2.73. The largest absolute Gasteiger partial charge is 0.369 e. The number of pyridine rings is 1. The topological polar surface area (TPSA) is 92.3 Å². The van der Waals surface area contributed by atoms with Gasteiger partial charge >= 0.3 is 0 Å². The van der Waals surface area contributed by atoms with Crippen LogP contribution < -0.4 is 5.73 Å². The highest BCUT2D eigenvalue weighted by atomic mass is 35.5. The van der Waals surface area contributed by atoms with E-state index >= 15 is 0 Å². The molecule has 3 aliphatic rings. The van der Waals surface area contributed by atoms with Crippen LogP contribution in [0.4, 0.5) is 0 Å². The van der Waals surface area contributed by atoms with Crippen LogP contribution in [-0.4, -0.2) is 38.4 Å². The standard InChI is InChI=1S/C17H18Cl2N4O3/c1-16(2)25-12-11(7-3-4-17(7,15(20)24)13(12)26-16)23-6-21-10-8(18)5-9(19)22-14(10)23/h5-7,11-13H,3-4H2,1-2H3,(H2,20,24)/t7-,11-,12+,13+,17+/m1/s1. The maximum atomic E-state index is 12.4. The van der Waals surface area contributed by atoms with Crippen molar-refractivity contribution in [3.63, 3.8) is 0 Å². The zero-order valence-corrected chi connectivity index (χ0v) is 15.8. The summed E-state index contributed by atoms with van der Waals surface area (Å²) in [7, 11) is 0. The van der Waals surface area contributed by atoms with E-state index in [1.807, 2.05) is 18.4 Å². The lowest BCUT2D eigenvalue weighted by molar-refractivity contribution is -0.193. The van der Waals surface area contributed by atoms with E-state index in [0.29, 0.717) is 22.6 Å². The predicted molar refractivity (Wildman–Crippen MR) is 94.8 cm³/mol. The van der Waals surface area contributed by atoms with Gasteiger partial charge in [-0.1, -0.05) is 23.2 Å². The number of hydrogen-bond donors (Lipinski definition) is 1. The molecule has 2 aromatic heterocycles. The van der Waals surface area contributed by atoms with Crippen molar-refractivity contribution >= 4 is 40.3 Å². The van der Waals surface area contributed by atoms with Gasteiger partial charge < -0.3 is 19.8 Å². The van der Waals surface area contributed by atoms with Gasteiger partial charge in [-0.2, -0.15) is 0 Å². The van der Waals surface area contributed by atoms with Crippen molar-refractivity contribution < 1.29 is 14.3 Å². The minimum Gasteiger partial charge on any atom is -0.369 e. The Morgan fingerprint density at radius 3 is 2.81 bits per heavy atom. The number of primary amides is 1. The van der Waals surface area contributed by atoms with E-state index in [1.165, 1.54) is 0 Å². The molecule has 1 aliphatic heterocycles. The smallest absolute Gasteiger partial charge is 0.226 e. The number of hydrogen-bond acceptors (Lipinski definition) is 5. The summed E-state index contributed by atoms with van der Waals surface area (Å²) in [6.07, 6.45) is 2.55. The third kappa shape index (κ3) is 1.94. The number of carbonyl (C=O) groups is 1. The van der Waals surface area contributed by atoms with Crippen LogP contribution in [0.2, 0.25) is 10.2 Å². The molecule has 1 saturated heterocycles. The average Bonchev–Trinajstić information content (AvgIpc) is 3.08. The van der Waals surface area contributed by atoms with Crippen LogP contribution in [0.5, 0.6) is 0 Å². The molecule has 26 heavy (non-hydrogen) atoms. The van der Waals surface area contributed by atoms with Gasteiger partial charge in [-0.25, -0.2) is 9.97 Å². The van der Waals surface area contributed by atoms with E-state index in [1.54, 1.807) is 12.4 Å². The van der Waals surface area contributed by atoms with Gasteiger partial charge in [0.05, 0.1) is 22.8 Å². The molecule has 2 aromatic rings. The summed E-state index contributed by atoms with van der Waals surface area (Å²) < 4.78 is 14.3. The number of halogens is 2. The van der Waals surface area contributed by atoms with Gasteiger partial charge in [-0.3, -0.25) is 4.79 Å². The summed E-state index contributed by atoms with van der Waals surface area (Å²) in [5, 5.41) is 0.726. The molecule has 0 aromatic carbocycles. The van der Waals surface area contributed by atoms with Gasteiger partial charge in [0.15, 0.2) is 11.4 Å². The van der Waals surface area contributed by atoms with E-state index in [-0.39, 0.29) is 35.2 Å². The van der Waals surface area contributed by atoms with Crippen molar-refractivity contribution in [3.05, 3.63) is 22.6 Å². The normalized spacial score (nSPS) is 37.4. The fourth-order valence-electron chi connectivity index (χ4n) is 5.07. The van der Waals surface area contributed by atoms with Crippen LogP contribution in [0.1, 0.15) is 32.7 Å². The zero-order chi connectivity index (χ0) is 18.4. The second-order valence-electron chi connectivity index (χ2n) is 7.81. The second-order valence-corrected chi connectivity index (χ2v) is 8.61. The van der Waals surface area contributed by atoms with Crippen LogP contribution in [0.15, 0.2) is 12.4 Å². The molecule has 3 heterocycles. The van der Waals surface area contributed by atoms with Crippen LogP contribution in [0.25, 0.3) is 11.2 Å². The number of amides is 1. The Morgan fingerprint density at radius 1 is 1.38 bits per heavy atom. The first-order valence-corrected chi connectivity index (χ1v) is 9.34. The van der Waals surface area contributed by atoms with E-state index in [2.05, 4.69) is 9.97 Å². The molecule has 7 nitrogen and oxygen atoms in total. The third-order valence-corrected chi connectivity index (χ3v) is 6.63. The molecule has 1 amide bonds. The molecule has 2 saturated carbocycles. The number of fused-ring (bicyclic) bond motifs is 4. The Labute approximate surface area is 159 Å². The Hall–Kier alpha value is -1.41. The van der Waals surface area contributed by atoms with Gasteiger partial charge in [0, 0.05) is 0 Å². The van der Waals surface area contributed by atoms with Gasteiger partial charge in [0.1, 0.15) is 22.9 Å². The maximum absolute atomic E-state index is 12.4. The number of imidazole rings is 1. The molecule has 2 N–H and O–H groups in total. The second kappa shape index (κ2) is 5.10. The molecular weight excluding hydrogens is 379 g/mol. The van der Waals surface area contributed by atoms with Crippen molar-refractivity contribution in [1.82, 2.24) is 14.5 Å². The highest BCUT2D eigenvalue weighted by Crippen LogP contribution is 2.66. The Bertz CT molecular complexity index is 945. The Morgan fingerprint density at radius 2 is 2.15 bits per heavy atom. The summed E-state index contributed by atoms with van der Waals surface area (Å²) in [6.45, 7) is 3.70. The first-order valence-electron chi connectivity index (χ1n) is 8.59. The molecule has 2 aliphatic carbocycles. The summed E-state index contributed by atoms with van der Waals surface area (Å²) in [4.78, 5) is 21.2. The lowest BCUT2D eigenvalue weighted by atomic mass is 9.59. The number of aromatic nitrogens is 3. The Balaban J connectivity index is 1.69. The minimum absolute atomic E-state index is 0.00283. The fourth-order valence-corrected chi connectivity index (χ4v) is 5.56. The average molecular weight is 397 g/mol. The zero-order valence-electron chi connectivity index (χ0n) is 14.3. The van der Waals surface area contributed by atoms with E-state index < -0.39 is 11.2 Å². The van der Waals surface area contributed by atoms with E-state index in [0.717, 1.165) is 6.42 Å². The quantitative estimate of drug-likeness (QED) is 0.787. The molecule has 0 radical (unpaired) electrons. The van der Waals surface area contributed by atoms with E-state index in [9.17, 15) is 4.79 Å². The maximum Gasteiger partial charge on any atom is 0.226 e. The first-order chi connectivity index (χ1) is 12.2. The molecule has 9 heteroatoms. The number of nitrogens with zero attached hydrogens (tertiary/aromatic N) is 3. The van der Waals surface area contributed by atoms with Gasteiger partial charge in [0.25, 0.3) is 0 Å². The molecule has 138 valence electrons. The molecule has 5 rings (SSSR count).